The lowest BCUT2D eigenvalue weighted by Crippen LogP contribution is -2.13. The number of hydrogen-bond acceptors (Lipinski definition) is 1. The molecule has 1 aliphatic rings. The number of rotatable bonds is 2. The number of benzene rings is 1. The fraction of sp³-hybridized carbons (Fsp3) is 0.462. The fourth-order valence-electron chi connectivity index (χ4n) is 2.11. The SMILES string of the molecule is CCCc1ccc2c(c1)CC(=O)CC2. The van der Waals surface area contributed by atoms with Gasteiger partial charge in [0.25, 0.3) is 0 Å². The molecule has 1 nitrogen and oxygen atoms in total. The predicted octanol–water partition coefficient (Wildman–Crippen LogP) is 2.70. The van der Waals surface area contributed by atoms with Gasteiger partial charge in [0.1, 0.15) is 5.78 Å². The highest BCUT2D eigenvalue weighted by Crippen LogP contribution is 2.20. The smallest absolute Gasteiger partial charge is 0.137 e. The van der Waals surface area contributed by atoms with Gasteiger partial charge in [0.2, 0.25) is 0 Å². The third-order valence-corrected chi connectivity index (χ3v) is 2.87. The van der Waals surface area contributed by atoms with Crippen molar-refractivity contribution < 1.29 is 4.79 Å². The first-order valence-electron chi connectivity index (χ1n) is 5.42. The van der Waals surface area contributed by atoms with Crippen LogP contribution in [0.15, 0.2) is 18.2 Å². The maximum atomic E-state index is 11.3. The highest BCUT2D eigenvalue weighted by Gasteiger charge is 2.15. The molecule has 0 spiro atoms. The quantitative estimate of drug-likeness (QED) is 0.697. The van der Waals surface area contributed by atoms with Crippen LogP contribution in [0.4, 0.5) is 0 Å². The Morgan fingerprint density at radius 2 is 2.07 bits per heavy atom. The maximum absolute atomic E-state index is 11.3. The molecule has 0 radical (unpaired) electrons. The monoisotopic (exact) mass is 188 g/mol. The van der Waals surface area contributed by atoms with E-state index in [2.05, 4.69) is 25.1 Å². The second-order valence-corrected chi connectivity index (χ2v) is 4.07. The summed E-state index contributed by atoms with van der Waals surface area (Å²) in [6.45, 7) is 2.19. The number of carbonyl (C=O) groups is 1. The molecule has 0 atom stereocenters. The lowest BCUT2D eigenvalue weighted by molar-refractivity contribution is -0.118. The van der Waals surface area contributed by atoms with Gasteiger partial charge in [-0.2, -0.15) is 0 Å². The van der Waals surface area contributed by atoms with Crippen LogP contribution in [0, 0.1) is 0 Å². The minimum atomic E-state index is 0.395. The third-order valence-electron chi connectivity index (χ3n) is 2.87. The Balaban J connectivity index is 2.28. The normalized spacial score (nSPS) is 15.4. The third kappa shape index (κ3) is 1.87. The summed E-state index contributed by atoms with van der Waals surface area (Å²) in [5.41, 5.74) is 4.03. The molecule has 0 heterocycles. The molecule has 0 amide bonds. The van der Waals surface area contributed by atoms with Gasteiger partial charge in [0.05, 0.1) is 0 Å². The summed E-state index contributed by atoms with van der Waals surface area (Å²) in [5.74, 6) is 0.395. The second-order valence-electron chi connectivity index (χ2n) is 4.07. The van der Waals surface area contributed by atoms with Gasteiger partial charge < -0.3 is 0 Å². The Morgan fingerprint density at radius 1 is 1.21 bits per heavy atom. The molecular weight excluding hydrogens is 172 g/mol. The molecule has 0 fully saturated rings. The van der Waals surface area contributed by atoms with Gasteiger partial charge in [-0.25, -0.2) is 0 Å². The number of hydrogen-bond donors (Lipinski definition) is 0. The van der Waals surface area contributed by atoms with E-state index >= 15 is 0 Å². The minimum Gasteiger partial charge on any atom is -0.299 e. The number of fused-ring (bicyclic) bond motifs is 1. The molecule has 0 N–H and O–H groups in total. The van der Waals surface area contributed by atoms with Gasteiger partial charge in [0, 0.05) is 12.8 Å². The number of aryl methyl sites for hydroxylation is 2. The summed E-state index contributed by atoms with van der Waals surface area (Å²) >= 11 is 0. The molecule has 14 heavy (non-hydrogen) atoms. The standard InChI is InChI=1S/C13H16O/c1-2-3-10-4-5-11-6-7-13(14)9-12(11)8-10/h4-5,8H,2-3,6-7,9H2,1H3. The van der Waals surface area contributed by atoms with E-state index in [-0.39, 0.29) is 0 Å². The first-order valence-corrected chi connectivity index (χ1v) is 5.42. The lowest BCUT2D eigenvalue weighted by atomic mass is 9.89. The molecule has 0 bridgehead atoms. The topological polar surface area (TPSA) is 17.1 Å². The summed E-state index contributed by atoms with van der Waals surface area (Å²) in [5, 5.41) is 0. The van der Waals surface area contributed by atoms with Crippen molar-refractivity contribution in [1.82, 2.24) is 0 Å². The molecule has 1 heteroatoms. The number of carbonyl (C=O) groups excluding carboxylic acids is 1. The van der Waals surface area contributed by atoms with Crippen molar-refractivity contribution in [2.24, 2.45) is 0 Å². The molecule has 0 aliphatic heterocycles. The van der Waals surface area contributed by atoms with Crippen LogP contribution in [0.5, 0.6) is 0 Å². The average molecular weight is 188 g/mol. The van der Waals surface area contributed by atoms with E-state index in [1.165, 1.54) is 23.1 Å². The summed E-state index contributed by atoms with van der Waals surface area (Å²) in [7, 11) is 0. The minimum absolute atomic E-state index is 0.395. The van der Waals surface area contributed by atoms with Crippen LogP contribution < -0.4 is 0 Å². The Labute approximate surface area is 85.1 Å². The first kappa shape index (κ1) is 9.45. The van der Waals surface area contributed by atoms with Gasteiger partial charge in [-0.05, 0) is 29.5 Å². The van der Waals surface area contributed by atoms with Crippen molar-refractivity contribution in [2.75, 3.05) is 0 Å². The molecular formula is C13H16O. The van der Waals surface area contributed by atoms with E-state index in [4.69, 9.17) is 0 Å². The van der Waals surface area contributed by atoms with Crippen LogP contribution in [-0.2, 0) is 24.1 Å². The lowest BCUT2D eigenvalue weighted by Gasteiger charge is -2.15. The largest absolute Gasteiger partial charge is 0.299 e. The van der Waals surface area contributed by atoms with Crippen LogP contribution in [0.2, 0.25) is 0 Å². The highest BCUT2D eigenvalue weighted by molar-refractivity contribution is 5.83. The van der Waals surface area contributed by atoms with Gasteiger partial charge in [-0.15, -0.1) is 0 Å². The molecule has 0 aromatic heterocycles. The Bertz CT molecular complexity index is 352. The van der Waals surface area contributed by atoms with Gasteiger partial charge >= 0.3 is 0 Å². The van der Waals surface area contributed by atoms with Crippen molar-refractivity contribution in [3.05, 3.63) is 34.9 Å². The van der Waals surface area contributed by atoms with Crippen molar-refractivity contribution in [2.45, 2.75) is 39.0 Å². The summed E-state index contributed by atoms with van der Waals surface area (Å²) in [4.78, 5) is 11.3. The molecule has 0 unspecified atom stereocenters. The van der Waals surface area contributed by atoms with Crippen molar-refractivity contribution in [3.63, 3.8) is 0 Å². The van der Waals surface area contributed by atoms with Gasteiger partial charge in [-0.3, -0.25) is 4.79 Å². The van der Waals surface area contributed by atoms with Crippen LogP contribution in [0.3, 0.4) is 0 Å². The number of Topliss-reactive ketones (excluding diaryl/α,β-unsaturated/α-hetero) is 1. The van der Waals surface area contributed by atoms with Crippen LogP contribution in [0.1, 0.15) is 36.5 Å². The molecule has 1 aromatic carbocycles. The predicted molar refractivity (Wildman–Crippen MR) is 57.5 cm³/mol. The molecule has 0 saturated heterocycles. The van der Waals surface area contributed by atoms with Crippen molar-refractivity contribution >= 4 is 5.78 Å². The van der Waals surface area contributed by atoms with E-state index in [1.54, 1.807) is 0 Å². The number of ketones is 1. The zero-order valence-corrected chi connectivity index (χ0v) is 8.68. The Hall–Kier alpha value is -1.11. The maximum Gasteiger partial charge on any atom is 0.137 e. The summed E-state index contributed by atoms with van der Waals surface area (Å²) in [6, 6.07) is 6.63. The van der Waals surface area contributed by atoms with E-state index in [9.17, 15) is 4.79 Å². The Kier molecular flexibility index (Phi) is 2.67. The first-order chi connectivity index (χ1) is 6.79. The Morgan fingerprint density at radius 3 is 2.86 bits per heavy atom. The van der Waals surface area contributed by atoms with Crippen molar-refractivity contribution in [1.29, 1.82) is 0 Å². The van der Waals surface area contributed by atoms with E-state index in [0.717, 1.165) is 19.3 Å². The van der Waals surface area contributed by atoms with Crippen LogP contribution in [0.25, 0.3) is 0 Å². The molecule has 2 rings (SSSR count). The molecule has 0 saturated carbocycles. The van der Waals surface area contributed by atoms with Crippen molar-refractivity contribution in [3.8, 4) is 0 Å². The fourth-order valence-corrected chi connectivity index (χ4v) is 2.11. The molecule has 1 aliphatic carbocycles. The summed E-state index contributed by atoms with van der Waals surface area (Å²) < 4.78 is 0. The van der Waals surface area contributed by atoms with E-state index in [1.807, 2.05) is 0 Å². The molecule has 74 valence electrons. The van der Waals surface area contributed by atoms with Gasteiger partial charge in [-0.1, -0.05) is 31.5 Å². The molecule has 1 aromatic rings. The van der Waals surface area contributed by atoms with Crippen LogP contribution in [-0.4, -0.2) is 5.78 Å². The van der Waals surface area contributed by atoms with Gasteiger partial charge in [0.15, 0.2) is 0 Å². The highest BCUT2D eigenvalue weighted by atomic mass is 16.1. The average Bonchev–Trinajstić information content (AvgIpc) is 2.17. The van der Waals surface area contributed by atoms with E-state index in [0.29, 0.717) is 12.2 Å². The summed E-state index contributed by atoms with van der Waals surface area (Å²) in [6.07, 6.45) is 4.64. The zero-order valence-electron chi connectivity index (χ0n) is 8.68. The zero-order chi connectivity index (χ0) is 9.97. The van der Waals surface area contributed by atoms with Crippen LogP contribution >= 0.6 is 0 Å². The second kappa shape index (κ2) is 3.95. The van der Waals surface area contributed by atoms with E-state index < -0.39 is 0 Å².